The number of hydrogen-bond donors (Lipinski definition) is 2. The second-order valence-electron chi connectivity index (χ2n) is 14.0. The van der Waals surface area contributed by atoms with Crippen LogP contribution < -0.4 is 10.2 Å². The highest BCUT2D eigenvalue weighted by molar-refractivity contribution is 9.11. The summed E-state index contributed by atoms with van der Waals surface area (Å²) < 4.78 is 54.3. The number of rotatable bonds is 8. The molecule has 0 spiro atoms. The average Bonchev–Trinajstić information content (AvgIpc) is 3.22. The third kappa shape index (κ3) is 8.95. The number of thiazole rings is 1. The standard InChI is InChI=1S/C29H43BrF3N3O5SSi/c1-25(2,3)28(41-43(10,11)27(7,8)9,18-12-14-19(15-13-18)29(31,32)33)20(35-23(37)40-26(4,5)6)17-36(24(38)39)22-34-16-21(30)42-22/h12-16,20H,17H2,1-11H3,(H,35,37)(H,38,39)/t20-,28+/m1/s1. The molecule has 2 aromatic rings. The summed E-state index contributed by atoms with van der Waals surface area (Å²) >= 11 is 4.40. The molecule has 242 valence electrons. The average molecular weight is 711 g/mol. The summed E-state index contributed by atoms with van der Waals surface area (Å²) in [6, 6.07) is 3.49. The third-order valence-electron chi connectivity index (χ3n) is 7.45. The summed E-state index contributed by atoms with van der Waals surface area (Å²) in [5.74, 6) is 0. The summed E-state index contributed by atoms with van der Waals surface area (Å²) in [5, 5.41) is 13.0. The molecule has 0 fully saturated rings. The monoisotopic (exact) mass is 709 g/mol. The lowest BCUT2D eigenvalue weighted by Gasteiger charge is -2.56. The van der Waals surface area contributed by atoms with Gasteiger partial charge >= 0.3 is 18.4 Å². The van der Waals surface area contributed by atoms with Crippen LogP contribution in [0.5, 0.6) is 0 Å². The molecule has 1 heterocycles. The van der Waals surface area contributed by atoms with E-state index in [1.165, 1.54) is 18.3 Å². The van der Waals surface area contributed by atoms with Crippen molar-refractivity contribution in [3.05, 3.63) is 45.4 Å². The largest absolute Gasteiger partial charge is 0.465 e. The van der Waals surface area contributed by atoms with E-state index in [2.05, 4.69) is 26.2 Å². The van der Waals surface area contributed by atoms with Gasteiger partial charge in [-0.2, -0.15) is 13.2 Å². The molecule has 43 heavy (non-hydrogen) atoms. The topological polar surface area (TPSA) is 101 Å². The van der Waals surface area contributed by atoms with E-state index in [1.54, 1.807) is 20.8 Å². The van der Waals surface area contributed by atoms with Gasteiger partial charge in [-0.15, -0.1) is 0 Å². The van der Waals surface area contributed by atoms with Gasteiger partial charge in [-0.25, -0.2) is 14.6 Å². The predicted molar refractivity (Wildman–Crippen MR) is 169 cm³/mol. The molecule has 2 N–H and O–H groups in total. The smallest absolute Gasteiger partial charge is 0.416 e. The molecule has 0 aliphatic carbocycles. The maximum atomic E-state index is 13.6. The van der Waals surface area contributed by atoms with E-state index in [1.807, 2.05) is 54.6 Å². The van der Waals surface area contributed by atoms with Gasteiger partial charge in [-0.3, -0.25) is 4.90 Å². The van der Waals surface area contributed by atoms with Crippen molar-refractivity contribution in [1.82, 2.24) is 10.3 Å². The molecular formula is C29H43BrF3N3O5SSi. The highest BCUT2D eigenvalue weighted by atomic mass is 79.9. The number of alkyl halides is 3. The quantitative estimate of drug-likeness (QED) is 0.265. The molecule has 0 radical (unpaired) electrons. The zero-order valence-corrected chi connectivity index (χ0v) is 30.0. The lowest BCUT2D eigenvalue weighted by Crippen LogP contribution is -2.66. The zero-order valence-electron chi connectivity index (χ0n) is 26.6. The molecule has 2 rings (SSSR count). The van der Waals surface area contributed by atoms with Crippen LogP contribution in [0.1, 0.15) is 73.4 Å². The van der Waals surface area contributed by atoms with Crippen LogP contribution in [-0.2, 0) is 20.9 Å². The molecule has 2 atom stereocenters. The van der Waals surface area contributed by atoms with E-state index in [0.29, 0.717) is 9.35 Å². The van der Waals surface area contributed by atoms with Crippen molar-refractivity contribution in [3.63, 3.8) is 0 Å². The lowest BCUT2D eigenvalue weighted by atomic mass is 9.67. The summed E-state index contributed by atoms with van der Waals surface area (Å²) in [6.07, 6.45) is -5.27. The first-order chi connectivity index (χ1) is 19.2. The fourth-order valence-corrected chi connectivity index (χ4v) is 7.28. The van der Waals surface area contributed by atoms with E-state index in [-0.39, 0.29) is 16.7 Å². The fraction of sp³-hybridized carbons (Fsp3) is 0.621. The molecule has 0 saturated carbocycles. The summed E-state index contributed by atoms with van der Waals surface area (Å²) in [4.78, 5) is 31.3. The number of aromatic nitrogens is 1. The summed E-state index contributed by atoms with van der Waals surface area (Å²) in [6.45, 7) is 20.3. The number of ether oxygens (including phenoxy) is 1. The number of benzene rings is 1. The van der Waals surface area contributed by atoms with Crippen LogP contribution in [0.4, 0.5) is 27.9 Å². The SMILES string of the molecule is CC(C)(C)OC(=O)N[C@H](CN(C(=O)O)c1ncc(Br)s1)[C@@](O[Si](C)(C)C(C)(C)C)(c1ccc(C(F)(F)F)cc1)C(C)(C)C. The number of anilines is 1. The van der Waals surface area contributed by atoms with Gasteiger partial charge in [0, 0.05) is 0 Å². The van der Waals surface area contributed by atoms with Gasteiger partial charge in [-0.1, -0.05) is 65.0 Å². The Morgan fingerprint density at radius 3 is 1.91 bits per heavy atom. The Labute approximate surface area is 265 Å². The molecule has 8 nitrogen and oxygen atoms in total. The first kappa shape index (κ1) is 37.0. The summed E-state index contributed by atoms with van der Waals surface area (Å²) in [5.41, 5.74) is -3.83. The predicted octanol–water partition coefficient (Wildman–Crippen LogP) is 9.27. The van der Waals surface area contributed by atoms with Crippen molar-refractivity contribution in [2.45, 2.75) is 104 Å². The number of nitrogens with zero attached hydrogens (tertiary/aromatic N) is 2. The number of carbonyl (C=O) groups is 2. The maximum absolute atomic E-state index is 13.6. The highest BCUT2D eigenvalue weighted by Gasteiger charge is 2.57. The van der Waals surface area contributed by atoms with Gasteiger partial charge in [-0.05, 0) is 77.9 Å². The Morgan fingerprint density at radius 1 is 1.02 bits per heavy atom. The number of carboxylic acid groups (broad SMARTS) is 1. The van der Waals surface area contributed by atoms with Crippen molar-refractivity contribution < 1.29 is 37.0 Å². The van der Waals surface area contributed by atoms with Crippen molar-refractivity contribution in [2.75, 3.05) is 11.4 Å². The van der Waals surface area contributed by atoms with Crippen LogP contribution >= 0.6 is 27.3 Å². The van der Waals surface area contributed by atoms with Crippen molar-refractivity contribution >= 4 is 52.9 Å². The van der Waals surface area contributed by atoms with Gasteiger partial charge in [0.1, 0.15) is 11.2 Å². The van der Waals surface area contributed by atoms with Crippen LogP contribution in [0, 0.1) is 5.41 Å². The number of hydrogen-bond acceptors (Lipinski definition) is 6. The Hall–Kier alpha value is -2.16. The van der Waals surface area contributed by atoms with Gasteiger partial charge < -0.3 is 19.6 Å². The van der Waals surface area contributed by atoms with E-state index in [4.69, 9.17) is 9.16 Å². The van der Waals surface area contributed by atoms with Crippen molar-refractivity contribution in [2.24, 2.45) is 5.41 Å². The molecule has 0 aliphatic heterocycles. The van der Waals surface area contributed by atoms with Gasteiger partial charge in [0.15, 0.2) is 13.4 Å². The lowest BCUT2D eigenvalue weighted by molar-refractivity contribution is -0.137. The number of carbonyl (C=O) groups excluding carboxylic acids is 1. The van der Waals surface area contributed by atoms with Gasteiger partial charge in [0.25, 0.3) is 0 Å². The molecule has 14 heteroatoms. The van der Waals surface area contributed by atoms with Crippen molar-refractivity contribution in [1.29, 1.82) is 0 Å². The Balaban J connectivity index is 2.97. The fourth-order valence-electron chi connectivity index (χ4n) is 4.42. The second kappa shape index (κ2) is 12.7. The molecule has 1 aromatic carbocycles. The van der Waals surface area contributed by atoms with Crippen LogP contribution in [0.3, 0.4) is 0 Å². The molecular weight excluding hydrogens is 667 g/mol. The third-order valence-corrected chi connectivity index (χ3v) is 13.4. The minimum absolute atomic E-state index is 0.137. The molecule has 0 unspecified atom stereocenters. The van der Waals surface area contributed by atoms with E-state index < -0.39 is 54.9 Å². The van der Waals surface area contributed by atoms with Gasteiger partial charge in [0.2, 0.25) is 0 Å². The minimum Gasteiger partial charge on any atom is -0.465 e. The van der Waals surface area contributed by atoms with E-state index >= 15 is 0 Å². The number of halogens is 4. The van der Waals surface area contributed by atoms with Crippen LogP contribution in [0.2, 0.25) is 18.1 Å². The molecule has 0 saturated heterocycles. The van der Waals surface area contributed by atoms with Crippen LogP contribution in [0.15, 0.2) is 34.2 Å². The van der Waals surface area contributed by atoms with Gasteiger partial charge in [0.05, 0.1) is 28.1 Å². The van der Waals surface area contributed by atoms with Crippen LogP contribution in [-0.4, -0.2) is 48.8 Å². The number of amides is 2. The van der Waals surface area contributed by atoms with Crippen LogP contribution in [0.25, 0.3) is 0 Å². The first-order valence-corrected chi connectivity index (χ1v) is 18.2. The number of nitrogens with one attached hydrogen (secondary N) is 1. The zero-order chi connectivity index (χ0) is 33.4. The molecule has 0 bridgehead atoms. The van der Waals surface area contributed by atoms with E-state index in [9.17, 15) is 27.9 Å². The Morgan fingerprint density at radius 2 is 1.53 bits per heavy atom. The molecule has 2 amide bonds. The second-order valence-corrected chi connectivity index (χ2v) is 21.1. The highest BCUT2D eigenvalue weighted by Crippen LogP contribution is 2.52. The maximum Gasteiger partial charge on any atom is 0.416 e. The summed E-state index contributed by atoms with van der Waals surface area (Å²) in [7, 11) is -2.80. The first-order valence-electron chi connectivity index (χ1n) is 13.7. The minimum atomic E-state index is -4.57. The normalized spacial score (nSPS) is 15.4. The molecule has 1 aromatic heterocycles. The molecule has 0 aliphatic rings. The Kier molecular flexibility index (Phi) is 10.9. The Bertz CT molecular complexity index is 1280. The van der Waals surface area contributed by atoms with E-state index in [0.717, 1.165) is 28.4 Å². The van der Waals surface area contributed by atoms with Crippen molar-refractivity contribution in [3.8, 4) is 0 Å². The number of alkyl carbamates (subject to hydrolysis) is 1.